The number of hydrogen-bond acceptors (Lipinski definition) is 0. The van der Waals surface area contributed by atoms with Crippen LogP contribution in [0.4, 0.5) is 0 Å². The Bertz CT molecular complexity index is 903. The molecular formula is C24H22Br2. The maximum Gasteiger partial charge on any atom is 0.0435 e. The average Bonchev–Trinajstić information content (AvgIpc) is 2.89. The van der Waals surface area contributed by atoms with Crippen LogP contribution in [0.1, 0.15) is 48.9 Å². The molecule has 26 heavy (non-hydrogen) atoms. The summed E-state index contributed by atoms with van der Waals surface area (Å²) in [5.41, 5.74) is 8.10. The zero-order valence-corrected chi connectivity index (χ0v) is 18.3. The van der Waals surface area contributed by atoms with E-state index in [-0.39, 0.29) is 5.41 Å². The Hall–Kier alpha value is -1.38. The standard InChI is InChI=1S/C24H22Br2/c1-3-4-5-16-6-8-17(9-7-16)24(2)22-12-10-18(25)14-20(22)21-15-19(26)11-13-23(21)24/h6-15H,3-5H2,1-2H3. The van der Waals surface area contributed by atoms with Gasteiger partial charge in [-0.3, -0.25) is 0 Å². The van der Waals surface area contributed by atoms with E-state index in [0.29, 0.717) is 0 Å². The molecule has 0 aliphatic heterocycles. The van der Waals surface area contributed by atoms with E-state index in [9.17, 15) is 0 Å². The molecule has 0 unspecified atom stereocenters. The van der Waals surface area contributed by atoms with E-state index in [0.717, 1.165) is 8.95 Å². The van der Waals surface area contributed by atoms with Gasteiger partial charge in [-0.05, 0) is 77.4 Å². The van der Waals surface area contributed by atoms with Crippen molar-refractivity contribution in [1.82, 2.24) is 0 Å². The Morgan fingerprint density at radius 2 is 1.31 bits per heavy atom. The smallest absolute Gasteiger partial charge is 0.0435 e. The lowest BCUT2D eigenvalue weighted by molar-refractivity contribution is 0.712. The molecule has 0 aromatic heterocycles. The molecule has 1 aliphatic rings. The van der Waals surface area contributed by atoms with Gasteiger partial charge in [-0.15, -0.1) is 0 Å². The summed E-state index contributed by atoms with van der Waals surface area (Å²) in [5.74, 6) is 0. The van der Waals surface area contributed by atoms with Gasteiger partial charge in [0.25, 0.3) is 0 Å². The number of hydrogen-bond donors (Lipinski definition) is 0. The van der Waals surface area contributed by atoms with Gasteiger partial charge in [-0.2, -0.15) is 0 Å². The van der Waals surface area contributed by atoms with Crippen LogP contribution in [0.15, 0.2) is 69.6 Å². The Kier molecular flexibility index (Phi) is 4.83. The van der Waals surface area contributed by atoms with Gasteiger partial charge in [0.15, 0.2) is 0 Å². The summed E-state index contributed by atoms with van der Waals surface area (Å²) in [5, 5.41) is 0. The normalized spacial score (nSPS) is 14.2. The molecule has 132 valence electrons. The van der Waals surface area contributed by atoms with Crippen molar-refractivity contribution in [3.05, 3.63) is 91.9 Å². The highest BCUT2D eigenvalue weighted by Gasteiger charge is 2.40. The van der Waals surface area contributed by atoms with Gasteiger partial charge >= 0.3 is 0 Å². The van der Waals surface area contributed by atoms with E-state index in [1.165, 1.54) is 52.6 Å². The summed E-state index contributed by atoms with van der Waals surface area (Å²) < 4.78 is 2.25. The van der Waals surface area contributed by atoms with E-state index in [4.69, 9.17) is 0 Å². The predicted molar refractivity (Wildman–Crippen MR) is 118 cm³/mol. The summed E-state index contributed by atoms with van der Waals surface area (Å²) >= 11 is 7.30. The first-order chi connectivity index (χ1) is 12.5. The van der Waals surface area contributed by atoms with Gasteiger partial charge in [0.1, 0.15) is 0 Å². The number of rotatable bonds is 4. The third-order valence-electron chi connectivity index (χ3n) is 5.68. The predicted octanol–water partition coefficient (Wildman–Crippen LogP) is 7.89. The molecule has 0 N–H and O–H groups in total. The molecule has 0 radical (unpaired) electrons. The Morgan fingerprint density at radius 3 is 1.81 bits per heavy atom. The van der Waals surface area contributed by atoms with Crippen molar-refractivity contribution < 1.29 is 0 Å². The minimum atomic E-state index is -0.116. The molecule has 3 aromatic carbocycles. The van der Waals surface area contributed by atoms with E-state index >= 15 is 0 Å². The van der Waals surface area contributed by atoms with E-state index in [2.05, 4.69) is 106 Å². The topological polar surface area (TPSA) is 0 Å². The van der Waals surface area contributed by atoms with Crippen LogP contribution in [0, 0.1) is 0 Å². The second kappa shape index (κ2) is 6.98. The minimum Gasteiger partial charge on any atom is -0.0654 e. The van der Waals surface area contributed by atoms with Crippen molar-refractivity contribution in [3.63, 3.8) is 0 Å². The van der Waals surface area contributed by atoms with Gasteiger partial charge in [0.2, 0.25) is 0 Å². The second-order valence-corrected chi connectivity index (χ2v) is 9.14. The van der Waals surface area contributed by atoms with Crippen LogP contribution >= 0.6 is 31.9 Å². The van der Waals surface area contributed by atoms with Crippen LogP contribution in [-0.4, -0.2) is 0 Å². The molecule has 0 nitrogen and oxygen atoms in total. The van der Waals surface area contributed by atoms with Crippen LogP contribution in [0.2, 0.25) is 0 Å². The first-order valence-corrected chi connectivity index (χ1v) is 10.8. The first-order valence-electron chi connectivity index (χ1n) is 9.24. The second-order valence-electron chi connectivity index (χ2n) is 7.31. The highest BCUT2D eigenvalue weighted by molar-refractivity contribution is 9.10. The quantitative estimate of drug-likeness (QED) is 0.364. The summed E-state index contributed by atoms with van der Waals surface area (Å²) in [7, 11) is 0. The SMILES string of the molecule is CCCCc1ccc(C2(C)c3ccc(Br)cc3-c3cc(Br)ccc32)cc1. The number of aryl methyl sites for hydroxylation is 1. The molecule has 3 aromatic rings. The molecular weight excluding hydrogens is 448 g/mol. The minimum absolute atomic E-state index is 0.116. The Morgan fingerprint density at radius 1 is 0.769 bits per heavy atom. The third-order valence-corrected chi connectivity index (χ3v) is 6.67. The van der Waals surface area contributed by atoms with Gasteiger partial charge in [0, 0.05) is 14.4 Å². The highest BCUT2D eigenvalue weighted by atomic mass is 79.9. The van der Waals surface area contributed by atoms with Crippen molar-refractivity contribution in [2.75, 3.05) is 0 Å². The lowest BCUT2D eigenvalue weighted by Crippen LogP contribution is -2.22. The van der Waals surface area contributed by atoms with E-state index in [1.54, 1.807) is 0 Å². The Labute approximate surface area is 172 Å². The summed E-state index contributed by atoms with van der Waals surface area (Å²) in [6, 6.07) is 22.7. The summed E-state index contributed by atoms with van der Waals surface area (Å²) in [6.45, 7) is 4.61. The average molecular weight is 470 g/mol. The number of benzene rings is 3. The van der Waals surface area contributed by atoms with Gasteiger partial charge in [-0.1, -0.05) is 81.6 Å². The lowest BCUT2D eigenvalue weighted by Gasteiger charge is -2.28. The molecule has 0 heterocycles. The highest BCUT2D eigenvalue weighted by Crippen LogP contribution is 2.53. The fraction of sp³-hybridized carbons (Fsp3) is 0.250. The molecule has 0 fully saturated rings. The summed E-state index contributed by atoms with van der Waals surface area (Å²) in [4.78, 5) is 0. The zero-order valence-electron chi connectivity index (χ0n) is 15.2. The van der Waals surface area contributed by atoms with Crippen LogP contribution in [0.5, 0.6) is 0 Å². The molecule has 0 amide bonds. The largest absolute Gasteiger partial charge is 0.0654 e. The monoisotopic (exact) mass is 468 g/mol. The zero-order chi connectivity index (χ0) is 18.3. The van der Waals surface area contributed by atoms with Crippen LogP contribution in [0.25, 0.3) is 11.1 Å². The van der Waals surface area contributed by atoms with Crippen molar-refractivity contribution in [2.45, 2.75) is 38.5 Å². The molecule has 0 saturated carbocycles. The van der Waals surface area contributed by atoms with Gasteiger partial charge in [-0.25, -0.2) is 0 Å². The molecule has 2 heteroatoms. The van der Waals surface area contributed by atoms with E-state index < -0.39 is 0 Å². The van der Waals surface area contributed by atoms with Gasteiger partial charge < -0.3 is 0 Å². The van der Waals surface area contributed by atoms with Crippen molar-refractivity contribution in [1.29, 1.82) is 0 Å². The number of fused-ring (bicyclic) bond motifs is 3. The molecule has 0 spiro atoms. The maximum atomic E-state index is 3.65. The number of unbranched alkanes of at least 4 members (excludes halogenated alkanes) is 1. The summed E-state index contributed by atoms with van der Waals surface area (Å²) in [6.07, 6.45) is 3.66. The third kappa shape index (κ3) is 2.88. The molecule has 0 atom stereocenters. The fourth-order valence-corrected chi connectivity index (χ4v) is 4.91. The van der Waals surface area contributed by atoms with Crippen molar-refractivity contribution >= 4 is 31.9 Å². The van der Waals surface area contributed by atoms with E-state index in [1.807, 2.05) is 0 Å². The fourth-order valence-electron chi connectivity index (χ4n) is 4.19. The maximum absolute atomic E-state index is 3.65. The molecule has 0 bridgehead atoms. The molecule has 0 saturated heterocycles. The molecule has 1 aliphatic carbocycles. The van der Waals surface area contributed by atoms with Crippen molar-refractivity contribution in [3.8, 4) is 11.1 Å². The first kappa shape index (κ1) is 18.0. The Balaban J connectivity index is 1.88. The number of halogens is 2. The van der Waals surface area contributed by atoms with Crippen molar-refractivity contribution in [2.24, 2.45) is 0 Å². The molecule has 4 rings (SSSR count). The van der Waals surface area contributed by atoms with Gasteiger partial charge in [0.05, 0.1) is 0 Å². The van der Waals surface area contributed by atoms with Crippen LogP contribution in [0.3, 0.4) is 0 Å². The van der Waals surface area contributed by atoms with Crippen LogP contribution in [-0.2, 0) is 11.8 Å². The lowest BCUT2D eigenvalue weighted by atomic mass is 9.74. The van der Waals surface area contributed by atoms with Crippen LogP contribution < -0.4 is 0 Å².